The second-order valence-corrected chi connectivity index (χ2v) is 7.59. The third kappa shape index (κ3) is 3.48. The van der Waals surface area contributed by atoms with Crippen LogP contribution in [0.2, 0.25) is 0 Å². The molecule has 0 saturated carbocycles. The van der Waals surface area contributed by atoms with Crippen LogP contribution in [-0.4, -0.2) is 39.6 Å². The van der Waals surface area contributed by atoms with Crippen LogP contribution in [0.3, 0.4) is 0 Å². The highest BCUT2D eigenvalue weighted by Gasteiger charge is 2.11. The number of benzene rings is 2. The number of nitrogens with one attached hydrogen (secondary N) is 1. The lowest BCUT2D eigenvalue weighted by molar-refractivity contribution is 0.220. The number of carbonyl (C=O) groups excluding carboxylic acids is 1. The van der Waals surface area contributed by atoms with Gasteiger partial charge in [-0.05, 0) is 48.0 Å². The van der Waals surface area contributed by atoms with Crippen LogP contribution in [0.5, 0.6) is 0 Å². The summed E-state index contributed by atoms with van der Waals surface area (Å²) in [4.78, 5) is 22.7. The van der Waals surface area contributed by atoms with Crippen LogP contribution in [0.1, 0.15) is 0 Å². The van der Waals surface area contributed by atoms with Gasteiger partial charge in [-0.3, -0.25) is 14.5 Å². The number of carbonyl (C=O) groups is 1. The van der Waals surface area contributed by atoms with Gasteiger partial charge in [0.15, 0.2) is 0 Å². The van der Waals surface area contributed by atoms with Crippen molar-refractivity contribution in [1.82, 2.24) is 19.4 Å². The van der Waals surface area contributed by atoms with Gasteiger partial charge in [0, 0.05) is 66.6 Å². The summed E-state index contributed by atoms with van der Waals surface area (Å²) in [6, 6.07) is 20.1. The smallest absolute Gasteiger partial charge is 0.328 e. The fourth-order valence-corrected chi connectivity index (χ4v) is 3.73. The molecular formula is C25H21N5O. The van der Waals surface area contributed by atoms with Crippen molar-refractivity contribution in [3.8, 4) is 11.1 Å². The van der Waals surface area contributed by atoms with Crippen LogP contribution in [0.25, 0.3) is 32.9 Å². The predicted octanol–water partition coefficient (Wildman–Crippen LogP) is 5.52. The first-order valence-corrected chi connectivity index (χ1v) is 9.99. The van der Waals surface area contributed by atoms with E-state index in [0.717, 1.165) is 44.3 Å². The molecule has 0 radical (unpaired) electrons. The normalized spacial score (nSPS) is 11.0. The molecule has 0 aliphatic heterocycles. The van der Waals surface area contributed by atoms with Crippen molar-refractivity contribution < 1.29 is 4.79 Å². The van der Waals surface area contributed by atoms with Crippen molar-refractivity contribution >= 4 is 39.2 Å². The number of hydrogen-bond acceptors (Lipinski definition) is 4. The molecule has 0 fully saturated rings. The molecule has 5 rings (SSSR count). The van der Waals surface area contributed by atoms with Crippen molar-refractivity contribution in [3.05, 3.63) is 85.5 Å². The molecule has 0 bridgehead atoms. The van der Waals surface area contributed by atoms with Crippen LogP contribution in [0, 0.1) is 0 Å². The number of nitrogens with zero attached hydrogens (tertiary/aromatic N) is 4. The minimum absolute atomic E-state index is 0.0692. The van der Waals surface area contributed by atoms with E-state index in [0.29, 0.717) is 0 Å². The summed E-state index contributed by atoms with van der Waals surface area (Å²) in [6.07, 6.45) is 7.24. The lowest BCUT2D eigenvalue weighted by Gasteiger charge is -2.13. The Morgan fingerprint density at radius 1 is 0.968 bits per heavy atom. The van der Waals surface area contributed by atoms with Gasteiger partial charge in [0.25, 0.3) is 0 Å². The third-order valence-electron chi connectivity index (χ3n) is 5.30. The Balaban J connectivity index is 1.49. The topological polar surface area (TPSA) is 63.1 Å². The van der Waals surface area contributed by atoms with Gasteiger partial charge >= 0.3 is 6.03 Å². The molecule has 3 heterocycles. The lowest BCUT2D eigenvalue weighted by Crippen LogP contribution is -2.26. The van der Waals surface area contributed by atoms with Crippen molar-refractivity contribution in [2.75, 3.05) is 19.4 Å². The fraction of sp³-hybridized carbons (Fsp3) is 0.0800. The number of amides is 1. The highest BCUT2D eigenvalue weighted by atomic mass is 16.2. The maximum atomic E-state index is 12.3. The van der Waals surface area contributed by atoms with E-state index in [9.17, 15) is 4.79 Å². The van der Waals surface area contributed by atoms with E-state index in [2.05, 4.69) is 33.5 Å². The molecule has 31 heavy (non-hydrogen) atoms. The van der Waals surface area contributed by atoms with E-state index >= 15 is 0 Å². The minimum atomic E-state index is -0.0692. The molecule has 6 heteroatoms. The zero-order valence-corrected chi connectivity index (χ0v) is 17.3. The maximum absolute atomic E-state index is 12.3. The number of pyridine rings is 2. The number of fused-ring (bicyclic) bond motifs is 2. The monoisotopic (exact) mass is 407 g/mol. The first kappa shape index (κ1) is 18.8. The van der Waals surface area contributed by atoms with E-state index in [1.807, 2.05) is 54.9 Å². The molecule has 2 aromatic carbocycles. The van der Waals surface area contributed by atoms with E-state index < -0.39 is 0 Å². The van der Waals surface area contributed by atoms with Crippen molar-refractivity contribution in [2.24, 2.45) is 0 Å². The van der Waals surface area contributed by atoms with Gasteiger partial charge in [-0.25, -0.2) is 4.79 Å². The lowest BCUT2D eigenvalue weighted by atomic mass is 10.0. The van der Waals surface area contributed by atoms with Crippen LogP contribution < -0.4 is 5.32 Å². The van der Waals surface area contributed by atoms with Crippen LogP contribution in [0.15, 0.2) is 85.5 Å². The van der Waals surface area contributed by atoms with Gasteiger partial charge < -0.3 is 10.2 Å². The predicted molar refractivity (Wildman–Crippen MR) is 125 cm³/mol. The number of aromatic nitrogens is 3. The summed E-state index contributed by atoms with van der Waals surface area (Å²) < 4.78 is 1.65. The zero-order chi connectivity index (χ0) is 21.4. The first-order valence-electron chi connectivity index (χ1n) is 9.99. The molecular weight excluding hydrogens is 386 g/mol. The highest BCUT2D eigenvalue weighted by Crippen LogP contribution is 2.30. The maximum Gasteiger partial charge on any atom is 0.328 e. The summed E-state index contributed by atoms with van der Waals surface area (Å²) in [6.45, 7) is 0. The van der Waals surface area contributed by atoms with E-state index in [1.165, 1.54) is 0 Å². The SMILES string of the molecule is CN(C)C(=O)n1ccc2cc(Nc3ccnc4cc(-c5cccnc5)ccc34)ccc21. The molecule has 1 amide bonds. The molecule has 0 spiro atoms. The Morgan fingerprint density at radius 3 is 2.68 bits per heavy atom. The van der Waals surface area contributed by atoms with Gasteiger partial charge in [-0.2, -0.15) is 0 Å². The molecule has 152 valence electrons. The van der Waals surface area contributed by atoms with Gasteiger partial charge in [-0.1, -0.05) is 18.2 Å². The number of anilines is 2. The summed E-state index contributed by atoms with van der Waals surface area (Å²) >= 11 is 0. The fourth-order valence-electron chi connectivity index (χ4n) is 3.73. The highest BCUT2D eigenvalue weighted by molar-refractivity contribution is 5.97. The standard InChI is InChI=1S/C25H21N5O/c1-29(2)25(31)30-13-10-18-14-20(6-8-24(18)30)28-22-9-12-27-23-15-17(5-7-21(22)23)19-4-3-11-26-16-19/h3-16H,1-2H3,(H,27,28). The largest absolute Gasteiger partial charge is 0.355 e. The van der Waals surface area contributed by atoms with Crippen molar-refractivity contribution in [2.45, 2.75) is 0 Å². The van der Waals surface area contributed by atoms with Gasteiger partial charge in [0.1, 0.15) is 0 Å². The third-order valence-corrected chi connectivity index (χ3v) is 5.30. The Bertz CT molecular complexity index is 1410. The van der Waals surface area contributed by atoms with Crippen molar-refractivity contribution in [3.63, 3.8) is 0 Å². The van der Waals surface area contributed by atoms with Gasteiger partial charge in [-0.15, -0.1) is 0 Å². The molecule has 3 aromatic heterocycles. The molecule has 1 N–H and O–H groups in total. The molecule has 0 aliphatic carbocycles. The number of rotatable bonds is 3. The van der Waals surface area contributed by atoms with E-state index in [-0.39, 0.29) is 6.03 Å². The number of hydrogen-bond donors (Lipinski definition) is 1. The molecule has 0 unspecified atom stereocenters. The van der Waals surface area contributed by atoms with E-state index in [1.54, 1.807) is 36.0 Å². The summed E-state index contributed by atoms with van der Waals surface area (Å²) in [5.74, 6) is 0. The first-order chi connectivity index (χ1) is 15.1. The van der Waals surface area contributed by atoms with Crippen LogP contribution in [0.4, 0.5) is 16.2 Å². The van der Waals surface area contributed by atoms with Gasteiger partial charge in [0.2, 0.25) is 0 Å². The van der Waals surface area contributed by atoms with Crippen molar-refractivity contribution in [1.29, 1.82) is 0 Å². The Hall–Kier alpha value is -4.19. The second kappa shape index (κ2) is 7.57. The zero-order valence-electron chi connectivity index (χ0n) is 17.3. The Kier molecular flexibility index (Phi) is 4.59. The quantitative estimate of drug-likeness (QED) is 0.427. The Labute approximate surface area is 179 Å². The molecule has 0 saturated heterocycles. The summed E-state index contributed by atoms with van der Waals surface area (Å²) in [5.41, 5.74) is 5.86. The second-order valence-electron chi connectivity index (χ2n) is 7.59. The molecule has 6 nitrogen and oxygen atoms in total. The summed E-state index contributed by atoms with van der Waals surface area (Å²) in [5, 5.41) is 5.54. The average Bonchev–Trinajstić information content (AvgIpc) is 3.22. The average molecular weight is 407 g/mol. The Morgan fingerprint density at radius 2 is 1.87 bits per heavy atom. The van der Waals surface area contributed by atoms with Gasteiger partial charge in [0.05, 0.1) is 11.0 Å². The molecule has 5 aromatic rings. The summed E-state index contributed by atoms with van der Waals surface area (Å²) in [7, 11) is 3.50. The van der Waals surface area contributed by atoms with Crippen LogP contribution >= 0.6 is 0 Å². The molecule has 0 aliphatic rings. The van der Waals surface area contributed by atoms with Crippen LogP contribution in [-0.2, 0) is 0 Å². The molecule has 0 atom stereocenters. The minimum Gasteiger partial charge on any atom is -0.355 e. The van der Waals surface area contributed by atoms with E-state index in [4.69, 9.17) is 0 Å².